The summed E-state index contributed by atoms with van der Waals surface area (Å²) in [5, 5.41) is 5.59. The lowest BCUT2D eigenvalue weighted by Gasteiger charge is -2.18. The van der Waals surface area contributed by atoms with Crippen LogP contribution in [-0.2, 0) is 9.59 Å². The van der Waals surface area contributed by atoms with Crippen molar-refractivity contribution >= 4 is 17.5 Å². The van der Waals surface area contributed by atoms with Gasteiger partial charge in [0.05, 0.1) is 13.2 Å². The fraction of sp³-hybridized carbons (Fsp3) is 0.444. The molecule has 0 heterocycles. The molecule has 0 saturated carbocycles. The normalized spacial score (nSPS) is 13.6. The predicted octanol–water partition coefficient (Wildman–Crippen LogP) is 2.07. The number of hydrogen-bond donors (Lipinski definition) is 3. The van der Waals surface area contributed by atoms with E-state index in [0.717, 1.165) is 12.2 Å². The molecule has 1 rings (SSSR count). The van der Waals surface area contributed by atoms with Crippen LogP contribution < -0.4 is 21.1 Å². The van der Waals surface area contributed by atoms with Crippen LogP contribution in [0.1, 0.15) is 27.2 Å². The molecule has 0 radical (unpaired) electrons. The van der Waals surface area contributed by atoms with Crippen molar-refractivity contribution in [1.82, 2.24) is 5.32 Å². The molecule has 2 amide bonds. The number of amides is 2. The molecule has 24 heavy (non-hydrogen) atoms. The van der Waals surface area contributed by atoms with E-state index in [2.05, 4.69) is 24.5 Å². The standard InChI is InChI=1S/C18H27N3O3/c1-12(2)11-15(21-18(23)13(3)19)7-10-17(22)20-14-5-8-16(24-4)9-6-14/h5-10,12-13,15H,11,19H2,1-4H3,(H,20,22)(H,21,23)/t13-,15+/m0/s1. The van der Waals surface area contributed by atoms with Crippen molar-refractivity contribution in [2.24, 2.45) is 11.7 Å². The Balaban J connectivity index is 2.65. The molecule has 2 atom stereocenters. The monoisotopic (exact) mass is 333 g/mol. The van der Waals surface area contributed by atoms with Gasteiger partial charge in [-0.2, -0.15) is 0 Å². The first-order chi connectivity index (χ1) is 11.3. The Morgan fingerprint density at radius 2 is 1.83 bits per heavy atom. The average Bonchev–Trinajstić information content (AvgIpc) is 2.52. The van der Waals surface area contributed by atoms with Crippen LogP contribution in [0.2, 0.25) is 0 Å². The molecule has 0 spiro atoms. The molecule has 0 unspecified atom stereocenters. The molecule has 0 aliphatic rings. The van der Waals surface area contributed by atoms with Gasteiger partial charge in [-0.15, -0.1) is 0 Å². The van der Waals surface area contributed by atoms with Gasteiger partial charge in [0.25, 0.3) is 0 Å². The van der Waals surface area contributed by atoms with Crippen molar-refractivity contribution < 1.29 is 14.3 Å². The van der Waals surface area contributed by atoms with Crippen LogP contribution in [0.4, 0.5) is 5.69 Å². The number of methoxy groups -OCH3 is 1. The number of carbonyl (C=O) groups excluding carboxylic acids is 2. The van der Waals surface area contributed by atoms with Gasteiger partial charge >= 0.3 is 0 Å². The van der Waals surface area contributed by atoms with E-state index in [1.807, 2.05) is 0 Å². The smallest absolute Gasteiger partial charge is 0.248 e. The second-order valence-electron chi connectivity index (χ2n) is 6.11. The molecule has 6 nitrogen and oxygen atoms in total. The molecule has 1 aromatic rings. The maximum absolute atomic E-state index is 12.0. The Kier molecular flexibility index (Phi) is 7.98. The van der Waals surface area contributed by atoms with Crippen molar-refractivity contribution in [2.45, 2.75) is 39.3 Å². The molecule has 4 N–H and O–H groups in total. The molecular weight excluding hydrogens is 306 g/mol. The van der Waals surface area contributed by atoms with Gasteiger partial charge in [-0.25, -0.2) is 0 Å². The molecule has 1 aromatic carbocycles. The maximum atomic E-state index is 12.0. The highest BCUT2D eigenvalue weighted by Gasteiger charge is 2.14. The molecule has 0 aromatic heterocycles. The van der Waals surface area contributed by atoms with Crippen LogP contribution in [0.15, 0.2) is 36.4 Å². The minimum atomic E-state index is -0.582. The number of nitrogens with two attached hydrogens (primary N) is 1. The molecule has 6 heteroatoms. The predicted molar refractivity (Wildman–Crippen MR) is 95.8 cm³/mol. The quantitative estimate of drug-likeness (QED) is 0.635. The van der Waals surface area contributed by atoms with Crippen molar-refractivity contribution in [3.05, 3.63) is 36.4 Å². The number of benzene rings is 1. The first-order valence-corrected chi connectivity index (χ1v) is 8.01. The van der Waals surface area contributed by atoms with E-state index in [-0.39, 0.29) is 17.9 Å². The van der Waals surface area contributed by atoms with Gasteiger partial charge in [-0.1, -0.05) is 19.9 Å². The lowest BCUT2D eigenvalue weighted by Crippen LogP contribution is -2.43. The van der Waals surface area contributed by atoms with Crippen molar-refractivity contribution in [2.75, 3.05) is 12.4 Å². The highest BCUT2D eigenvalue weighted by atomic mass is 16.5. The van der Waals surface area contributed by atoms with Crippen molar-refractivity contribution in [3.63, 3.8) is 0 Å². The Morgan fingerprint density at radius 1 is 1.21 bits per heavy atom. The van der Waals surface area contributed by atoms with E-state index >= 15 is 0 Å². The number of ether oxygens (including phenoxy) is 1. The Bertz CT molecular complexity index is 565. The molecule has 132 valence electrons. The number of carbonyl (C=O) groups is 2. The summed E-state index contributed by atoms with van der Waals surface area (Å²) in [5.74, 6) is 0.599. The molecule has 0 saturated heterocycles. The van der Waals surface area contributed by atoms with Crippen LogP contribution in [0.25, 0.3) is 0 Å². The SMILES string of the molecule is COc1ccc(NC(=O)C=C[C@H](CC(C)C)NC(=O)[C@H](C)N)cc1. The van der Waals surface area contributed by atoms with E-state index in [9.17, 15) is 9.59 Å². The second kappa shape index (κ2) is 9.72. The Hall–Kier alpha value is -2.34. The lowest BCUT2D eigenvalue weighted by molar-refractivity contribution is -0.122. The second-order valence-corrected chi connectivity index (χ2v) is 6.11. The van der Waals surface area contributed by atoms with Gasteiger partial charge in [0.2, 0.25) is 11.8 Å². The fourth-order valence-corrected chi connectivity index (χ4v) is 2.07. The minimum Gasteiger partial charge on any atom is -0.497 e. The number of nitrogens with one attached hydrogen (secondary N) is 2. The zero-order valence-electron chi connectivity index (χ0n) is 14.7. The van der Waals surface area contributed by atoms with Gasteiger partial charge in [-0.05, 0) is 43.5 Å². The van der Waals surface area contributed by atoms with Crippen LogP contribution in [-0.4, -0.2) is 31.0 Å². The Morgan fingerprint density at radius 3 is 2.33 bits per heavy atom. The average molecular weight is 333 g/mol. The van der Waals surface area contributed by atoms with Crippen molar-refractivity contribution in [1.29, 1.82) is 0 Å². The number of hydrogen-bond acceptors (Lipinski definition) is 4. The van der Waals surface area contributed by atoms with E-state index in [0.29, 0.717) is 11.6 Å². The molecule has 0 bridgehead atoms. The van der Waals surface area contributed by atoms with Crippen LogP contribution >= 0.6 is 0 Å². The van der Waals surface area contributed by atoms with Crippen molar-refractivity contribution in [3.8, 4) is 5.75 Å². The van der Waals surface area contributed by atoms with E-state index in [1.54, 1.807) is 44.4 Å². The largest absolute Gasteiger partial charge is 0.497 e. The first-order valence-electron chi connectivity index (χ1n) is 8.01. The van der Waals surface area contributed by atoms with Crippen LogP contribution in [0, 0.1) is 5.92 Å². The van der Waals surface area contributed by atoms with Gasteiger partial charge in [0.15, 0.2) is 0 Å². The third kappa shape index (κ3) is 7.28. The summed E-state index contributed by atoms with van der Waals surface area (Å²) in [7, 11) is 1.59. The minimum absolute atomic E-state index is 0.231. The molecular formula is C18H27N3O3. The Labute approximate surface area is 143 Å². The summed E-state index contributed by atoms with van der Waals surface area (Å²) in [6.07, 6.45) is 3.85. The van der Waals surface area contributed by atoms with E-state index in [4.69, 9.17) is 10.5 Å². The van der Waals surface area contributed by atoms with Crippen LogP contribution in [0.5, 0.6) is 5.75 Å². The van der Waals surface area contributed by atoms with E-state index in [1.165, 1.54) is 6.08 Å². The van der Waals surface area contributed by atoms with Gasteiger partial charge < -0.3 is 21.1 Å². The zero-order chi connectivity index (χ0) is 18.1. The summed E-state index contributed by atoms with van der Waals surface area (Å²) in [4.78, 5) is 23.8. The summed E-state index contributed by atoms with van der Waals surface area (Å²) >= 11 is 0. The number of anilines is 1. The molecule has 0 fully saturated rings. The van der Waals surface area contributed by atoms with Gasteiger partial charge in [-0.3, -0.25) is 9.59 Å². The van der Waals surface area contributed by atoms with Gasteiger partial charge in [0, 0.05) is 17.8 Å². The lowest BCUT2D eigenvalue weighted by atomic mass is 10.0. The number of rotatable bonds is 8. The summed E-state index contributed by atoms with van der Waals surface area (Å²) in [5.41, 5.74) is 6.24. The third-order valence-electron chi connectivity index (χ3n) is 3.30. The highest BCUT2D eigenvalue weighted by Crippen LogP contribution is 2.15. The topological polar surface area (TPSA) is 93.5 Å². The zero-order valence-corrected chi connectivity index (χ0v) is 14.7. The third-order valence-corrected chi connectivity index (χ3v) is 3.30. The summed E-state index contributed by atoms with van der Waals surface area (Å²) < 4.78 is 5.07. The van der Waals surface area contributed by atoms with E-state index < -0.39 is 6.04 Å². The maximum Gasteiger partial charge on any atom is 0.248 e. The molecule has 0 aliphatic heterocycles. The summed E-state index contributed by atoms with van der Waals surface area (Å²) in [6, 6.07) is 6.24. The summed E-state index contributed by atoms with van der Waals surface area (Å²) in [6.45, 7) is 5.73. The van der Waals surface area contributed by atoms with Crippen LogP contribution in [0.3, 0.4) is 0 Å². The molecule has 0 aliphatic carbocycles. The highest BCUT2D eigenvalue weighted by molar-refractivity contribution is 5.99. The van der Waals surface area contributed by atoms with Gasteiger partial charge in [0.1, 0.15) is 5.75 Å². The fourth-order valence-electron chi connectivity index (χ4n) is 2.07. The first kappa shape index (κ1) is 19.7.